The lowest BCUT2D eigenvalue weighted by atomic mass is 9.65. The molecule has 0 amide bonds. The molecule has 4 aliphatic rings. The number of allylic oxidation sites excluding steroid dienone is 8. The van der Waals surface area contributed by atoms with E-state index in [1.54, 1.807) is 0 Å². The molecule has 4 rings (SSSR count). The molecular formula is C26H38. The summed E-state index contributed by atoms with van der Waals surface area (Å²) in [7, 11) is 0. The maximum atomic E-state index is 2.64. The summed E-state index contributed by atoms with van der Waals surface area (Å²) in [5.74, 6) is 4.50. The third-order valence-corrected chi connectivity index (χ3v) is 7.68. The van der Waals surface area contributed by atoms with Gasteiger partial charge in [0.05, 0.1) is 0 Å². The number of hydrogen-bond acceptors (Lipinski definition) is 0. The highest BCUT2D eigenvalue weighted by Crippen LogP contribution is 2.47. The van der Waals surface area contributed by atoms with E-state index < -0.39 is 0 Å². The van der Waals surface area contributed by atoms with Crippen molar-refractivity contribution in [3.8, 4) is 0 Å². The van der Waals surface area contributed by atoms with Gasteiger partial charge < -0.3 is 0 Å². The molecule has 142 valence electrons. The Hall–Kier alpha value is -1.04. The summed E-state index contributed by atoms with van der Waals surface area (Å²) < 4.78 is 0. The van der Waals surface area contributed by atoms with Gasteiger partial charge in [0.15, 0.2) is 0 Å². The maximum Gasteiger partial charge on any atom is -0.0109 e. The van der Waals surface area contributed by atoms with Crippen LogP contribution in [0.25, 0.3) is 0 Å². The van der Waals surface area contributed by atoms with Gasteiger partial charge in [0.1, 0.15) is 0 Å². The highest BCUT2D eigenvalue weighted by molar-refractivity contribution is 5.19. The van der Waals surface area contributed by atoms with Gasteiger partial charge in [0.25, 0.3) is 0 Å². The van der Waals surface area contributed by atoms with Crippen molar-refractivity contribution in [1.29, 1.82) is 0 Å². The Morgan fingerprint density at radius 3 is 2.35 bits per heavy atom. The molecule has 0 aromatic rings. The molecule has 0 nitrogen and oxygen atoms in total. The first-order chi connectivity index (χ1) is 12.9. The third kappa shape index (κ3) is 4.44. The maximum absolute atomic E-state index is 2.64. The molecule has 0 aromatic heterocycles. The summed E-state index contributed by atoms with van der Waals surface area (Å²) in [6, 6.07) is 0. The average Bonchev–Trinajstić information content (AvgIpc) is 3.41. The first-order valence-electron chi connectivity index (χ1n) is 11.6. The molecule has 4 aliphatic carbocycles. The van der Waals surface area contributed by atoms with E-state index in [0.717, 1.165) is 29.6 Å². The highest BCUT2D eigenvalue weighted by atomic mass is 14.4. The molecule has 0 radical (unpaired) electrons. The van der Waals surface area contributed by atoms with Gasteiger partial charge in [-0.1, -0.05) is 48.1 Å². The Balaban J connectivity index is 1.52. The van der Waals surface area contributed by atoms with Crippen LogP contribution in [0.15, 0.2) is 48.1 Å². The Morgan fingerprint density at radius 1 is 0.846 bits per heavy atom. The van der Waals surface area contributed by atoms with Crippen LogP contribution >= 0.6 is 0 Å². The van der Waals surface area contributed by atoms with Crippen LogP contribution in [-0.4, -0.2) is 0 Å². The zero-order chi connectivity index (χ0) is 17.6. The molecule has 0 saturated carbocycles. The van der Waals surface area contributed by atoms with Crippen molar-refractivity contribution in [2.24, 2.45) is 29.6 Å². The normalized spacial score (nSPS) is 33.4. The van der Waals surface area contributed by atoms with Crippen LogP contribution in [0.2, 0.25) is 0 Å². The SMILES string of the molecule is C1=CCC(CCC(C2CC=CCC2)C(C2=CCCC2)C2C=CCC2)CC1. The molecule has 0 heterocycles. The minimum Gasteiger partial charge on any atom is -0.0885 e. The van der Waals surface area contributed by atoms with Crippen LogP contribution in [0.1, 0.15) is 83.5 Å². The number of rotatable bonds is 7. The summed E-state index contributed by atoms with van der Waals surface area (Å²) in [5.41, 5.74) is 1.85. The van der Waals surface area contributed by atoms with E-state index in [0.29, 0.717) is 0 Å². The van der Waals surface area contributed by atoms with Gasteiger partial charge in [-0.2, -0.15) is 0 Å². The molecule has 26 heavy (non-hydrogen) atoms. The Morgan fingerprint density at radius 2 is 1.69 bits per heavy atom. The smallest absolute Gasteiger partial charge is 0.0109 e. The van der Waals surface area contributed by atoms with Crippen LogP contribution in [0.3, 0.4) is 0 Å². The molecule has 5 atom stereocenters. The fourth-order valence-corrected chi connectivity index (χ4v) is 6.28. The topological polar surface area (TPSA) is 0 Å². The molecule has 0 saturated heterocycles. The van der Waals surface area contributed by atoms with Gasteiger partial charge in [-0.05, 0) is 113 Å². The van der Waals surface area contributed by atoms with Crippen LogP contribution in [0, 0.1) is 29.6 Å². The van der Waals surface area contributed by atoms with Crippen LogP contribution in [0.5, 0.6) is 0 Å². The fourth-order valence-electron chi connectivity index (χ4n) is 6.28. The molecular weight excluding hydrogens is 312 g/mol. The first kappa shape index (κ1) is 18.3. The molecule has 0 aromatic carbocycles. The molecule has 0 fully saturated rings. The van der Waals surface area contributed by atoms with Gasteiger partial charge in [-0.3, -0.25) is 0 Å². The van der Waals surface area contributed by atoms with Crippen LogP contribution in [-0.2, 0) is 0 Å². The summed E-state index contributed by atoms with van der Waals surface area (Å²) in [6.07, 6.45) is 35.5. The predicted molar refractivity (Wildman–Crippen MR) is 113 cm³/mol. The summed E-state index contributed by atoms with van der Waals surface area (Å²) in [4.78, 5) is 0. The lowest BCUT2D eigenvalue weighted by molar-refractivity contribution is 0.170. The summed E-state index contributed by atoms with van der Waals surface area (Å²) >= 11 is 0. The van der Waals surface area contributed by atoms with E-state index in [4.69, 9.17) is 0 Å². The third-order valence-electron chi connectivity index (χ3n) is 7.68. The lowest BCUT2D eigenvalue weighted by Gasteiger charge is -2.39. The summed E-state index contributed by atoms with van der Waals surface area (Å²) in [6.45, 7) is 0. The van der Waals surface area contributed by atoms with Gasteiger partial charge in [-0.25, -0.2) is 0 Å². The van der Waals surface area contributed by atoms with E-state index in [1.165, 1.54) is 83.5 Å². The van der Waals surface area contributed by atoms with E-state index in [-0.39, 0.29) is 0 Å². The Kier molecular flexibility index (Phi) is 6.52. The zero-order valence-electron chi connectivity index (χ0n) is 16.6. The quantitative estimate of drug-likeness (QED) is 0.411. The second-order valence-corrected chi connectivity index (χ2v) is 9.30. The second-order valence-electron chi connectivity index (χ2n) is 9.30. The molecule has 0 aliphatic heterocycles. The van der Waals surface area contributed by atoms with Crippen molar-refractivity contribution in [3.05, 3.63) is 48.1 Å². The zero-order valence-corrected chi connectivity index (χ0v) is 16.6. The van der Waals surface area contributed by atoms with Crippen molar-refractivity contribution in [1.82, 2.24) is 0 Å². The average molecular weight is 351 g/mol. The molecule has 0 heteroatoms. The van der Waals surface area contributed by atoms with Gasteiger partial charge in [0, 0.05) is 0 Å². The molecule has 5 unspecified atom stereocenters. The second kappa shape index (κ2) is 9.25. The number of hydrogen-bond donors (Lipinski definition) is 0. The monoisotopic (exact) mass is 350 g/mol. The Bertz CT molecular complexity index is 561. The van der Waals surface area contributed by atoms with E-state index in [9.17, 15) is 0 Å². The minimum absolute atomic E-state index is 0.835. The van der Waals surface area contributed by atoms with Crippen molar-refractivity contribution < 1.29 is 0 Å². The predicted octanol–water partition coefficient (Wildman–Crippen LogP) is 7.79. The molecule has 0 bridgehead atoms. The van der Waals surface area contributed by atoms with Crippen LogP contribution < -0.4 is 0 Å². The van der Waals surface area contributed by atoms with E-state index >= 15 is 0 Å². The lowest BCUT2D eigenvalue weighted by Crippen LogP contribution is -2.31. The minimum atomic E-state index is 0.835. The highest BCUT2D eigenvalue weighted by Gasteiger charge is 2.37. The molecule has 0 spiro atoms. The standard InChI is InChI=1S/C26H38/c1-3-11-21(12-4-1)19-20-25(22-13-5-2-6-14-22)26(23-15-7-8-16-23)24-17-9-10-18-24/h1-3,5,7,15,17,21-23,25-26H,4,6,8-14,16,18-20H2. The van der Waals surface area contributed by atoms with Crippen molar-refractivity contribution in [2.45, 2.75) is 83.5 Å². The summed E-state index contributed by atoms with van der Waals surface area (Å²) in [5, 5.41) is 0. The largest absolute Gasteiger partial charge is 0.0885 e. The van der Waals surface area contributed by atoms with Gasteiger partial charge in [-0.15, -0.1) is 0 Å². The van der Waals surface area contributed by atoms with E-state index in [1.807, 2.05) is 5.57 Å². The van der Waals surface area contributed by atoms with Gasteiger partial charge >= 0.3 is 0 Å². The first-order valence-corrected chi connectivity index (χ1v) is 11.6. The van der Waals surface area contributed by atoms with Gasteiger partial charge in [0.2, 0.25) is 0 Å². The van der Waals surface area contributed by atoms with Crippen LogP contribution in [0.4, 0.5) is 0 Å². The Labute approximate surface area is 161 Å². The van der Waals surface area contributed by atoms with Crippen molar-refractivity contribution >= 4 is 0 Å². The van der Waals surface area contributed by atoms with Crippen molar-refractivity contribution in [3.63, 3.8) is 0 Å². The van der Waals surface area contributed by atoms with E-state index in [2.05, 4.69) is 42.5 Å². The molecule has 0 N–H and O–H groups in total. The van der Waals surface area contributed by atoms with Crippen molar-refractivity contribution in [2.75, 3.05) is 0 Å². The fraction of sp³-hybridized carbons (Fsp3) is 0.692.